The molecule has 4 nitrogen and oxygen atoms in total. The molecule has 2 N–H and O–H groups in total. The van der Waals surface area contributed by atoms with Gasteiger partial charge < -0.3 is 14.9 Å². The Morgan fingerprint density at radius 2 is 2.00 bits per heavy atom. The third-order valence-corrected chi connectivity index (χ3v) is 2.63. The Morgan fingerprint density at radius 3 is 2.72 bits per heavy atom. The molecule has 0 aliphatic rings. The van der Waals surface area contributed by atoms with Crippen molar-refractivity contribution in [2.45, 2.75) is 6.42 Å². The molecule has 0 spiro atoms. The summed E-state index contributed by atoms with van der Waals surface area (Å²) >= 11 is 0. The van der Waals surface area contributed by atoms with Gasteiger partial charge in [-0.25, -0.2) is 4.79 Å². The number of fused-ring (bicyclic) bond motifs is 1. The molecular formula is C14H14O4. The Hall–Kier alpha value is -2.07. The molecular weight excluding hydrogens is 232 g/mol. The first kappa shape index (κ1) is 12.4. The zero-order valence-electron chi connectivity index (χ0n) is 9.80. The Bertz CT molecular complexity index is 563. The molecule has 0 radical (unpaired) electrons. The van der Waals surface area contributed by atoms with Crippen LogP contribution in [-0.2, 0) is 0 Å². The van der Waals surface area contributed by atoms with Crippen molar-refractivity contribution in [3.05, 3.63) is 42.0 Å². The molecule has 0 saturated carbocycles. The van der Waals surface area contributed by atoms with Gasteiger partial charge in [-0.3, -0.25) is 0 Å². The first-order chi connectivity index (χ1) is 8.72. The number of hydrogen-bond donors (Lipinski definition) is 2. The van der Waals surface area contributed by atoms with Crippen LogP contribution in [0, 0.1) is 0 Å². The summed E-state index contributed by atoms with van der Waals surface area (Å²) < 4.78 is 5.53. The molecule has 0 fully saturated rings. The van der Waals surface area contributed by atoms with Gasteiger partial charge in [0.2, 0.25) is 0 Å². The monoisotopic (exact) mass is 246 g/mol. The van der Waals surface area contributed by atoms with Crippen molar-refractivity contribution in [1.82, 2.24) is 0 Å². The Kier molecular flexibility index (Phi) is 3.79. The van der Waals surface area contributed by atoms with E-state index in [1.165, 1.54) is 6.07 Å². The SMILES string of the molecule is O=C(O)c1cc(OCCCO)c2ccccc2c1. The van der Waals surface area contributed by atoms with Gasteiger partial charge in [0.1, 0.15) is 5.75 Å². The van der Waals surface area contributed by atoms with Crippen LogP contribution in [0.25, 0.3) is 10.8 Å². The molecule has 0 saturated heterocycles. The van der Waals surface area contributed by atoms with Gasteiger partial charge in [-0.05, 0) is 17.5 Å². The molecule has 2 rings (SSSR count). The largest absolute Gasteiger partial charge is 0.493 e. The fourth-order valence-corrected chi connectivity index (χ4v) is 1.77. The van der Waals surface area contributed by atoms with Crippen molar-refractivity contribution in [2.24, 2.45) is 0 Å². The Morgan fingerprint density at radius 1 is 1.22 bits per heavy atom. The highest BCUT2D eigenvalue weighted by Crippen LogP contribution is 2.27. The highest BCUT2D eigenvalue weighted by atomic mass is 16.5. The number of carboxylic acid groups (broad SMARTS) is 1. The normalized spacial score (nSPS) is 10.5. The second-order valence-corrected chi connectivity index (χ2v) is 3.93. The van der Waals surface area contributed by atoms with Gasteiger partial charge in [-0.2, -0.15) is 0 Å². The zero-order chi connectivity index (χ0) is 13.0. The van der Waals surface area contributed by atoms with E-state index in [1.807, 2.05) is 24.3 Å². The van der Waals surface area contributed by atoms with Gasteiger partial charge in [-0.15, -0.1) is 0 Å². The molecule has 0 unspecified atom stereocenters. The summed E-state index contributed by atoms with van der Waals surface area (Å²) in [7, 11) is 0. The second-order valence-electron chi connectivity index (χ2n) is 3.93. The van der Waals surface area contributed by atoms with Crippen LogP contribution in [0.3, 0.4) is 0 Å². The number of aliphatic hydroxyl groups excluding tert-OH is 1. The molecule has 18 heavy (non-hydrogen) atoms. The minimum atomic E-state index is -0.979. The Balaban J connectivity index is 2.43. The van der Waals surface area contributed by atoms with Crippen LogP contribution in [0.15, 0.2) is 36.4 Å². The molecule has 4 heteroatoms. The first-order valence-electron chi connectivity index (χ1n) is 5.72. The number of hydrogen-bond acceptors (Lipinski definition) is 3. The number of aliphatic hydroxyl groups is 1. The van der Waals surface area contributed by atoms with Crippen LogP contribution in [0.1, 0.15) is 16.8 Å². The highest BCUT2D eigenvalue weighted by molar-refractivity contribution is 5.97. The molecule has 0 amide bonds. The van der Waals surface area contributed by atoms with Gasteiger partial charge in [0.15, 0.2) is 0 Å². The average molecular weight is 246 g/mol. The Labute approximate surface area is 104 Å². The quantitative estimate of drug-likeness (QED) is 0.794. The summed E-state index contributed by atoms with van der Waals surface area (Å²) in [4.78, 5) is 11.0. The second kappa shape index (κ2) is 5.51. The van der Waals surface area contributed by atoms with Gasteiger partial charge in [0.25, 0.3) is 0 Å². The van der Waals surface area contributed by atoms with Gasteiger partial charge in [0, 0.05) is 18.4 Å². The predicted octanol–water partition coefficient (Wildman–Crippen LogP) is 2.30. The summed E-state index contributed by atoms with van der Waals surface area (Å²) in [5.74, 6) is -0.438. The summed E-state index contributed by atoms with van der Waals surface area (Å²) in [5, 5.41) is 19.5. The minimum Gasteiger partial charge on any atom is -0.493 e. The standard InChI is InChI=1S/C14H14O4/c15-6-3-7-18-13-9-11(14(16)17)8-10-4-1-2-5-12(10)13/h1-2,4-5,8-9,15H,3,6-7H2,(H,16,17). The minimum absolute atomic E-state index is 0.0521. The van der Waals surface area contributed by atoms with Crippen LogP contribution >= 0.6 is 0 Å². The summed E-state index contributed by atoms with van der Waals surface area (Å²) in [5.41, 5.74) is 0.202. The highest BCUT2D eigenvalue weighted by Gasteiger charge is 2.09. The van der Waals surface area contributed by atoms with Crippen molar-refractivity contribution in [2.75, 3.05) is 13.2 Å². The van der Waals surface area contributed by atoms with E-state index in [2.05, 4.69) is 0 Å². The van der Waals surface area contributed by atoms with E-state index in [0.29, 0.717) is 18.8 Å². The van der Waals surface area contributed by atoms with E-state index in [4.69, 9.17) is 14.9 Å². The van der Waals surface area contributed by atoms with Crippen LogP contribution < -0.4 is 4.74 Å². The van der Waals surface area contributed by atoms with E-state index in [9.17, 15) is 4.79 Å². The van der Waals surface area contributed by atoms with E-state index < -0.39 is 5.97 Å². The van der Waals surface area contributed by atoms with Crippen LogP contribution in [-0.4, -0.2) is 29.4 Å². The molecule has 2 aromatic rings. The number of carboxylic acids is 1. The lowest BCUT2D eigenvalue weighted by Crippen LogP contribution is -2.02. The van der Waals surface area contributed by atoms with E-state index in [1.54, 1.807) is 6.07 Å². The number of benzene rings is 2. The van der Waals surface area contributed by atoms with Crippen molar-refractivity contribution in [3.8, 4) is 5.75 Å². The predicted molar refractivity (Wildman–Crippen MR) is 68.1 cm³/mol. The maximum absolute atomic E-state index is 11.0. The van der Waals surface area contributed by atoms with Crippen molar-refractivity contribution >= 4 is 16.7 Å². The maximum Gasteiger partial charge on any atom is 0.335 e. The van der Waals surface area contributed by atoms with Crippen LogP contribution in [0.5, 0.6) is 5.75 Å². The lowest BCUT2D eigenvalue weighted by Gasteiger charge is -2.10. The van der Waals surface area contributed by atoms with Gasteiger partial charge >= 0.3 is 5.97 Å². The molecule has 0 aromatic heterocycles. The third kappa shape index (κ3) is 2.60. The van der Waals surface area contributed by atoms with Crippen molar-refractivity contribution in [1.29, 1.82) is 0 Å². The number of rotatable bonds is 5. The molecule has 0 bridgehead atoms. The molecule has 0 heterocycles. The summed E-state index contributed by atoms with van der Waals surface area (Å²) in [6.45, 7) is 0.417. The van der Waals surface area contributed by atoms with Gasteiger partial charge in [0.05, 0.1) is 12.2 Å². The average Bonchev–Trinajstić information content (AvgIpc) is 2.38. The molecule has 2 aromatic carbocycles. The molecule has 0 aliphatic carbocycles. The van der Waals surface area contributed by atoms with E-state index in [-0.39, 0.29) is 12.2 Å². The number of ether oxygens (including phenoxy) is 1. The number of aromatic carboxylic acids is 1. The molecule has 94 valence electrons. The smallest absolute Gasteiger partial charge is 0.335 e. The summed E-state index contributed by atoms with van der Waals surface area (Å²) in [6.07, 6.45) is 0.519. The molecule has 0 aliphatic heterocycles. The van der Waals surface area contributed by atoms with Crippen molar-refractivity contribution in [3.63, 3.8) is 0 Å². The summed E-state index contributed by atoms with van der Waals surface area (Å²) in [6, 6.07) is 10.6. The fourth-order valence-electron chi connectivity index (χ4n) is 1.77. The maximum atomic E-state index is 11.0. The zero-order valence-corrected chi connectivity index (χ0v) is 9.80. The number of carbonyl (C=O) groups is 1. The molecule has 0 atom stereocenters. The third-order valence-electron chi connectivity index (χ3n) is 2.63. The van der Waals surface area contributed by atoms with E-state index in [0.717, 1.165) is 10.8 Å². The lowest BCUT2D eigenvalue weighted by atomic mass is 10.1. The van der Waals surface area contributed by atoms with Crippen LogP contribution in [0.2, 0.25) is 0 Å². The topological polar surface area (TPSA) is 66.8 Å². The van der Waals surface area contributed by atoms with E-state index >= 15 is 0 Å². The lowest BCUT2D eigenvalue weighted by molar-refractivity contribution is 0.0696. The first-order valence-corrected chi connectivity index (χ1v) is 5.72. The fraction of sp³-hybridized carbons (Fsp3) is 0.214. The van der Waals surface area contributed by atoms with Crippen molar-refractivity contribution < 1.29 is 19.7 Å². The van der Waals surface area contributed by atoms with Gasteiger partial charge in [-0.1, -0.05) is 24.3 Å². The van der Waals surface area contributed by atoms with Crippen LogP contribution in [0.4, 0.5) is 0 Å².